The van der Waals surface area contributed by atoms with Gasteiger partial charge in [0.25, 0.3) is 0 Å². The van der Waals surface area contributed by atoms with E-state index in [4.69, 9.17) is 9.47 Å². The van der Waals surface area contributed by atoms with Crippen LogP contribution in [0.2, 0.25) is 0 Å². The Bertz CT molecular complexity index is 750. The molecule has 7 nitrogen and oxygen atoms in total. The number of amides is 2. The number of hydrogen-bond acceptors (Lipinski definition) is 5. The van der Waals surface area contributed by atoms with Gasteiger partial charge in [-0.25, -0.2) is 9.59 Å². The van der Waals surface area contributed by atoms with Gasteiger partial charge in [0.15, 0.2) is 0 Å². The Labute approximate surface area is 179 Å². The molecule has 0 aromatic carbocycles. The standard InChI is InChI=1S/C21H29BrN2O5/c1-3-28-18(26)17-12(2)23-19(27)24-15(17)10-29-16(25)9-20-5-13-4-14(6-20)8-21(22,7-13)11-20/h12-14H,3-11H2,1-2H3,(H2,23,24,27)/t12-,13-,14+,20?,21?/m0/s1. The van der Waals surface area contributed by atoms with Gasteiger partial charge in [0.2, 0.25) is 0 Å². The number of rotatable bonds is 6. The van der Waals surface area contributed by atoms with Crippen LogP contribution in [0.3, 0.4) is 0 Å². The predicted molar refractivity (Wildman–Crippen MR) is 109 cm³/mol. The van der Waals surface area contributed by atoms with Crippen LogP contribution in [0.4, 0.5) is 4.79 Å². The molecule has 4 saturated carbocycles. The van der Waals surface area contributed by atoms with Crippen molar-refractivity contribution < 1.29 is 23.9 Å². The van der Waals surface area contributed by atoms with E-state index in [2.05, 4.69) is 26.6 Å². The van der Waals surface area contributed by atoms with E-state index in [9.17, 15) is 14.4 Å². The molecule has 0 radical (unpaired) electrons. The highest BCUT2D eigenvalue weighted by atomic mass is 79.9. The molecular weight excluding hydrogens is 440 g/mol. The monoisotopic (exact) mass is 468 g/mol. The summed E-state index contributed by atoms with van der Waals surface area (Å²) >= 11 is 3.97. The topological polar surface area (TPSA) is 93.7 Å². The van der Waals surface area contributed by atoms with Gasteiger partial charge in [0, 0.05) is 4.32 Å². The highest BCUT2D eigenvalue weighted by Crippen LogP contribution is 2.65. The van der Waals surface area contributed by atoms with Crippen molar-refractivity contribution in [3.63, 3.8) is 0 Å². The van der Waals surface area contributed by atoms with Crippen molar-refractivity contribution in [3.8, 4) is 0 Å². The molecule has 5 aliphatic rings. The molecule has 4 aliphatic carbocycles. The van der Waals surface area contributed by atoms with Gasteiger partial charge in [-0.15, -0.1) is 0 Å². The fraction of sp³-hybridized carbons (Fsp3) is 0.762. The second kappa shape index (κ2) is 7.60. The van der Waals surface area contributed by atoms with Crippen LogP contribution in [0.15, 0.2) is 11.3 Å². The van der Waals surface area contributed by atoms with Crippen LogP contribution in [0.25, 0.3) is 0 Å². The van der Waals surface area contributed by atoms with Crippen LogP contribution in [0.1, 0.15) is 58.8 Å². The number of esters is 2. The maximum absolute atomic E-state index is 12.7. The molecule has 0 aromatic heterocycles. The first-order chi connectivity index (χ1) is 13.7. The maximum Gasteiger partial charge on any atom is 0.338 e. The second-order valence-corrected chi connectivity index (χ2v) is 11.1. The molecule has 4 bridgehead atoms. The lowest BCUT2D eigenvalue weighted by Gasteiger charge is -2.60. The Hall–Kier alpha value is -1.57. The summed E-state index contributed by atoms with van der Waals surface area (Å²) in [4.78, 5) is 36.9. The smallest absolute Gasteiger partial charge is 0.338 e. The molecule has 8 heteroatoms. The first-order valence-electron chi connectivity index (χ1n) is 10.5. The maximum atomic E-state index is 12.7. The molecule has 2 amide bonds. The minimum atomic E-state index is -0.513. The Morgan fingerprint density at radius 2 is 1.86 bits per heavy atom. The minimum Gasteiger partial charge on any atom is -0.463 e. The molecule has 4 fully saturated rings. The average molecular weight is 469 g/mol. The van der Waals surface area contributed by atoms with E-state index in [0.29, 0.717) is 29.5 Å². The summed E-state index contributed by atoms with van der Waals surface area (Å²) < 4.78 is 10.8. The molecule has 0 saturated heterocycles. The Morgan fingerprint density at radius 1 is 1.17 bits per heavy atom. The summed E-state index contributed by atoms with van der Waals surface area (Å²) in [5.41, 5.74) is 0.622. The van der Waals surface area contributed by atoms with Gasteiger partial charge in [-0.1, -0.05) is 15.9 Å². The number of ether oxygens (including phenoxy) is 2. The lowest BCUT2D eigenvalue weighted by Crippen LogP contribution is -2.53. The summed E-state index contributed by atoms with van der Waals surface area (Å²) in [7, 11) is 0. The van der Waals surface area contributed by atoms with Crippen molar-refractivity contribution in [1.29, 1.82) is 0 Å². The minimum absolute atomic E-state index is 0.0215. The van der Waals surface area contributed by atoms with Crippen LogP contribution in [-0.2, 0) is 19.1 Å². The molecule has 29 heavy (non-hydrogen) atoms. The SMILES string of the molecule is CCOC(=O)C1=C(COC(=O)CC23C[C@@H]4C[C@@H](CC(Br)(C4)C2)C3)NC(=O)N[C@H]1C. The van der Waals surface area contributed by atoms with E-state index in [1.807, 2.05) is 0 Å². The third kappa shape index (κ3) is 4.18. The summed E-state index contributed by atoms with van der Waals surface area (Å²) in [6.07, 6.45) is 7.34. The fourth-order valence-corrected chi connectivity index (χ4v) is 7.96. The number of carbonyl (C=O) groups excluding carboxylic acids is 3. The van der Waals surface area contributed by atoms with Gasteiger partial charge in [-0.2, -0.15) is 0 Å². The Morgan fingerprint density at radius 3 is 2.48 bits per heavy atom. The van der Waals surface area contributed by atoms with Crippen molar-refractivity contribution in [2.24, 2.45) is 17.3 Å². The van der Waals surface area contributed by atoms with Crippen LogP contribution in [-0.4, -0.2) is 41.5 Å². The van der Waals surface area contributed by atoms with E-state index in [1.165, 1.54) is 19.3 Å². The molecule has 2 N–H and O–H groups in total. The highest BCUT2D eigenvalue weighted by molar-refractivity contribution is 9.10. The number of halogens is 1. The van der Waals surface area contributed by atoms with Crippen molar-refractivity contribution in [2.45, 2.75) is 69.2 Å². The van der Waals surface area contributed by atoms with Gasteiger partial charge in [0.1, 0.15) is 6.61 Å². The number of alkyl halides is 1. The zero-order valence-electron chi connectivity index (χ0n) is 17.0. The molecule has 1 aliphatic heterocycles. The molecule has 0 spiro atoms. The molecule has 5 atom stereocenters. The van der Waals surface area contributed by atoms with Crippen molar-refractivity contribution in [3.05, 3.63) is 11.3 Å². The molecule has 2 unspecified atom stereocenters. The van der Waals surface area contributed by atoms with Gasteiger partial charge < -0.3 is 20.1 Å². The first kappa shape index (κ1) is 20.7. The molecule has 0 aromatic rings. The van der Waals surface area contributed by atoms with Gasteiger partial charge in [-0.3, -0.25) is 4.79 Å². The van der Waals surface area contributed by atoms with Gasteiger partial charge in [-0.05, 0) is 69.6 Å². The Kier molecular flexibility index (Phi) is 5.42. The van der Waals surface area contributed by atoms with Crippen molar-refractivity contribution in [1.82, 2.24) is 10.6 Å². The van der Waals surface area contributed by atoms with Crippen LogP contribution in [0, 0.1) is 17.3 Å². The van der Waals surface area contributed by atoms with E-state index < -0.39 is 18.0 Å². The second-order valence-electron chi connectivity index (χ2n) is 9.38. The third-order valence-corrected chi connectivity index (χ3v) is 7.80. The first-order valence-corrected chi connectivity index (χ1v) is 11.3. The normalized spacial score (nSPS) is 37.8. The van der Waals surface area contributed by atoms with E-state index in [-0.39, 0.29) is 28.9 Å². The summed E-state index contributed by atoms with van der Waals surface area (Å²) in [5, 5.41) is 5.24. The lowest BCUT2D eigenvalue weighted by molar-refractivity contribution is -0.150. The summed E-state index contributed by atoms with van der Waals surface area (Å²) in [6, 6.07) is -0.924. The quantitative estimate of drug-likeness (QED) is 0.461. The predicted octanol–water partition coefficient (Wildman–Crippen LogP) is 3.17. The molecule has 160 valence electrons. The average Bonchev–Trinajstić information content (AvgIpc) is 2.56. The number of urea groups is 1. The van der Waals surface area contributed by atoms with Crippen LogP contribution >= 0.6 is 15.9 Å². The fourth-order valence-electron chi connectivity index (χ4n) is 6.45. The lowest BCUT2D eigenvalue weighted by atomic mass is 9.49. The van der Waals surface area contributed by atoms with Crippen molar-refractivity contribution in [2.75, 3.05) is 13.2 Å². The van der Waals surface area contributed by atoms with E-state index in [0.717, 1.165) is 19.3 Å². The summed E-state index contributed by atoms with van der Waals surface area (Å²) in [6.45, 7) is 3.53. The number of nitrogens with one attached hydrogen (secondary N) is 2. The number of carbonyl (C=O) groups is 3. The zero-order valence-corrected chi connectivity index (χ0v) is 18.6. The highest BCUT2D eigenvalue weighted by Gasteiger charge is 2.57. The van der Waals surface area contributed by atoms with Gasteiger partial charge >= 0.3 is 18.0 Å². The third-order valence-electron chi connectivity index (χ3n) is 6.87. The van der Waals surface area contributed by atoms with E-state index >= 15 is 0 Å². The van der Waals surface area contributed by atoms with E-state index in [1.54, 1.807) is 13.8 Å². The summed E-state index contributed by atoms with van der Waals surface area (Å²) in [5.74, 6) is 0.622. The van der Waals surface area contributed by atoms with Crippen LogP contribution < -0.4 is 10.6 Å². The Balaban J connectivity index is 1.42. The van der Waals surface area contributed by atoms with Crippen LogP contribution in [0.5, 0.6) is 0 Å². The van der Waals surface area contributed by atoms with Gasteiger partial charge in [0.05, 0.1) is 30.3 Å². The largest absolute Gasteiger partial charge is 0.463 e. The number of hydrogen-bond donors (Lipinski definition) is 2. The zero-order chi connectivity index (χ0) is 20.8. The van der Waals surface area contributed by atoms with Crippen molar-refractivity contribution >= 4 is 33.9 Å². The molecular formula is C21H29BrN2O5. The molecule has 1 heterocycles. The molecule has 5 rings (SSSR count).